The predicted octanol–water partition coefficient (Wildman–Crippen LogP) is 5.76. The average Bonchev–Trinajstić information content (AvgIpc) is 3.49. The van der Waals surface area contributed by atoms with Gasteiger partial charge in [0, 0.05) is 18.5 Å². The number of hydrogen-bond donors (Lipinski definition) is 1. The van der Waals surface area contributed by atoms with Crippen molar-refractivity contribution >= 4 is 28.6 Å². The van der Waals surface area contributed by atoms with Gasteiger partial charge in [0.05, 0.1) is 39.6 Å². The van der Waals surface area contributed by atoms with Crippen LogP contribution >= 0.6 is 0 Å². The Morgan fingerprint density at radius 1 is 0.769 bits per heavy atom. The lowest BCUT2D eigenvalue weighted by atomic mass is 10.0. The number of hydrazone groups is 1. The number of benzene rings is 2. The Hall–Kier alpha value is -5.84. The lowest BCUT2D eigenvalue weighted by Gasteiger charge is -2.09. The summed E-state index contributed by atoms with van der Waals surface area (Å²) in [5, 5.41) is 22.8. The van der Waals surface area contributed by atoms with E-state index in [1.807, 2.05) is 72.8 Å². The fraction of sp³-hybridized carbons (Fsp3) is 0. The number of nitrogens with zero attached hydrogens (tertiary/aromatic N) is 7. The average molecular weight is 515 g/mol. The summed E-state index contributed by atoms with van der Waals surface area (Å²) in [5.74, 6) is 0. The van der Waals surface area contributed by atoms with Crippen LogP contribution in [0.5, 0.6) is 0 Å². The first-order valence-electron chi connectivity index (χ1n) is 11.8. The second kappa shape index (κ2) is 10.3. The van der Waals surface area contributed by atoms with E-state index < -0.39 is 4.92 Å². The fourth-order valence-electron chi connectivity index (χ4n) is 4.02. The maximum absolute atomic E-state index is 11.2. The second-order valence-electron chi connectivity index (χ2n) is 8.40. The number of hydrogen-bond acceptors (Lipinski definition) is 10. The standard InChI is InChI=1S/C28H18N8O3/c37-36(38)26-12-11-23(27-28(26)35-39-34-27)33-31-17-18-7-9-19(10-8-18)20-15-24(21-5-1-3-13-29-21)32-25(16-20)22-6-2-4-14-30-22/h1-17,33H/b31-17+. The monoisotopic (exact) mass is 514 g/mol. The highest BCUT2D eigenvalue weighted by Crippen LogP contribution is 2.30. The van der Waals surface area contributed by atoms with E-state index in [-0.39, 0.29) is 16.7 Å². The summed E-state index contributed by atoms with van der Waals surface area (Å²) in [5.41, 5.74) is 9.22. The molecule has 11 nitrogen and oxygen atoms in total. The minimum Gasteiger partial charge on any atom is -0.276 e. The Kier molecular flexibility index (Phi) is 6.20. The third-order valence-electron chi connectivity index (χ3n) is 5.91. The molecule has 0 spiro atoms. The van der Waals surface area contributed by atoms with E-state index >= 15 is 0 Å². The quantitative estimate of drug-likeness (QED) is 0.159. The number of nitro groups is 1. The van der Waals surface area contributed by atoms with Gasteiger partial charge in [-0.05, 0) is 69.5 Å². The number of nitrogens with one attached hydrogen (secondary N) is 1. The van der Waals surface area contributed by atoms with E-state index in [4.69, 9.17) is 4.98 Å². The van der Waals surface area contributed by atoms with Crippen LogP contribution < -0.4 is 5.43 Å². The van der Waals surface area contributed by atoms with Gasteiger partial charge >= 0.3 is 5.69 Å². The second-order valence-corrected chi connectivity index (χ2v) is 8.40. The Bertz CT molecular complexity index is 1750. The van der Waals surface area contributed by atoms with Gasteiger partial charge in [-0.25, -0.2) is 9.61 Å². The Balaban J connectivity index is 1.27. The number of non-ortho nitro benzene ring substituents is 1. The Morgan fingerprint density at radius 2 is 1.44 bits per heavy atom. The van der Waals surface area contributed by atoms with Crippen LogP contribution in [-0.2, 0) is 0 Å². The molecule has 4 heterocycles. The van der Waals surface area contributed by atoms with Crippen LogP contribution in [0.3, 0.4) is 0 Å². The molecule has 0 aliphatic carbocycles. The van der Waals surface area contributed by atoms with Crippen molar-refractivity contribution in [3.05, 3.63) is 113 Å². The molecule has 4 aromatic heterocycles. The highest BCUT2D eigenvalue weighted by Gasteiger charge is 2.19. The van der Waals surface area contributed by atoms with Crippen LogP contribution in [0, 0.1) is 10.1 Å². The summed E-state index contributed by atoms with van der Waals surface area (Å²) in [7, 11) is 0. The summed E-state index contributed by atoms with van der Waals surface area (Å²) in [6.45, 7) is 0. The number of pyridine rings is 3. The van der Waals surface area contributed by atoms with Crippen molar-refractivity contribution in [3.8, 4) is 33.9 Å². The summed E-state index contributed by atoms with van der Waals surface area (Å²) in [6.07, 6.45) is 5.12. The number of fused-ring (bicyclic) bond motifs is 1. The molecule has 0 aliphatic rings. The minimum absolute atomic E-state index is 0.0528. The molecule has 6 aromatic rings. The number of aromatic nitrogens is 5. The molecular weight excluding hydrogens is 496 g/mol. The zero-order valence-electron chi connectivity index (χ0n) is 20.2. The maximum Gasteiger partial charge on any atom is 0.300 e. The van der Waals surface area contributed by atoms with Crippen LogP contribution in [0.15, 0.2) is 107 Å². The highest BCUT2D eigenvalue weighted by molar-refractivity contribution is 5.93. The molecule has 0 saturated carbocycles. The van der Waals surface area contributed by atoms with Crippen molar-refractivity contribution in [3.63, 3.8) is 0 Å². The molecule has 0 fully saturated rings. The first-order chi connectivity index (χ1) is 19.2. The molecule has 0 unspecified atom stereocenters. The number of anilines is 1. The minimum atomic E-state index is -0.539. The van der Waals surface area contributed by atoms with Gasteiger partial charge in [0.15, 0.2) is 5.52 Å². The molecule has 39 heavy (non-hydrogen) atoms. The third kappa shape index (κ3) is 4.91. The first kappa shape index (κ1) is 23.6. The summed E-state index contributed by atoms with van der Waals surface area (Å²) in [4.78, 5) is 24.4. The molecule has 0 bridgehead atoms. The van der Waals surface area contributed by atoms with Gasteiger partial charge in [0.25, 0.3) is 0 Å². The molecule has 2 aromatic carbocycles. The van der Waals surface area contributed by atoms with Gasteiger partial charge in [-0.3, -0.25) is 25.5 Å². The number of rotatable bonds is 7. The molecule has 11 heteroatoms. The van der Waals surface area contributed by atoms with Gasteiger partial charge in [-0.2, -0.15) is 5.10 Å². The van der Waals surface area contributed by atoms with Gasteiger partial charge in [0.1, 0.15) is 0 Å². The molecule has 0 radical (unpaired) electrons. The van der Waals surface area contributed by atoms with Crippen LogP contribution in [0.25, 0.3) is 44.9 Å². The van der Waals surface area contributed by atoms with Crippen LogP contribution in [0.1, 0.15) is 5.56 Å². The highest BCUT2D eigenvalue weighted by atomic mass is 16.6. The predicted molar refractivity (Wildman–Crippen MR) is 146 cm³/mol. The van der Waals surface area contributed by atoms with E-state index in [0.29, 0.717) is 5.69 Å². The third-order valence-corrected chi connectivity index (χ3v) is 5.91. The van der Waals surface area contributed by atoms with Gasteiger partial charge in [0.2, 0.25) is 5.52 Å². The van der Waals surface area contributed by atoms with E-state index in [1.54, 1.807) is 18.6 Å². The molecule has 0 saturated heterocycles. The largest absolute Gasteiger partial charge is 0.300 e. The summed E-state index contributed by atoms with van der Waals surface area (Å²) < 4.78 is 4.68. The molecule has 6 rings (SSSR count). The molecule has 0 aliphatic heterocycles. The summed E-state index contributed by atoms with van der Waals surface area (Å²) >= 11 is 0. The summed E-state index contributed by atoms with van der Waals surface area (Å²) in [6, 6.07) is 26.2. The Labute approximate surface area is 221 Å². The maximum atomic E-state index is 11.2. The van der Waals surface area contributed by atoms with Crippen molar-refractivity contribution in [1.82, 2.24) is 25.3 Å². The van der Waals surface area contributed by atoms with Crippen LogP contribution in [0.2, 0.25) is 0 Å². The SMILES string of the molecule is O=[N+]([O-])c1ccc(N/N=C/c2ccc(-c3cc(-c4ccccn4)nc(-c4ccccn4)c3)cc2)c2nonc12. The van der Waals surface area contributed by atoms with E-state index in [0.717, 1.165) is 39.5 Å². The lowest BCUT2D eigenvalue weighted by molar-refractivity contribution is -0.383. The fourth-order valence-corrected chi connectivity index (χ4v) is 4.02. The van der Waals surface area contributed by atoms with Gasteiger partial charge in [-0.1, -0.05) is 36.4 Å². The van der Waals surface area contributed by atoms with Crippen molar-refractivity contribution in [2.75, 3.05) is 5.43 Å². The molecule has 188 valence electrons. The topological polar surface area (TPSA) is 145 Å². The lowest BCUT2D eigenvalue weighted by Crippen LogP contribution is -1.95. The molecule has 0 atom stereocenters. The molecule has 1 N–H and O–H groups in total. The van der Waals surface area contributed by atoms with Crippen molar-refractivity contribution < 1.29 is 9.55 Å². The number of nitro benzene ring substituents is 1. The van der Waals surface area contributed by atoms with Gasteiger partial charge < -0.3 is 0 Å². The molecule has 0 amide bonds. The van der Waals surface area contributed by atoms with Gasteiger partial charge in [-0.15, -0.1) is 0 Å². The van der Waals surface area contributed by atoms with E-state index in [1.165, 1.54) is 12.1 Å². The molecular formula is C28H18N8O3. The smallest absolute Gasteiger partial charge is 0.276 e. The zero-order valence-corrected chi connectivity index (χ0v) is 20.2. The zero-order chi connectivity index (χ0) is 26.6. The normalized spacial score (nSPS) is 11.2. The van der Waals surface area contributed by atoms with E-state index in [9.17, 15) is 10.1 Å². The van der Waals surface area contributed by atoms with Crippen molar-refractivity contribution in [1.29, 1.82) is 0 Å². The van der Waals surface area contributed by atoms with Crippen molar-refractivity contribution in [2.24, 2.45) is 5.10 Å². The first-order valence-corrected chi connectivity index (χ1v) is 11.8. The Morgan fingerprint density at radius 3 is 2.05 bits per heavy atom. The van der Waals surface area contributed by atoms with E-state index in [2.05, 4.69) is 35.4 Å². The van der Waals surface area contributed by atoms with Crippen molar-refractivity contribution in [2.45, 2.75) is 0 Å². The van der Waals surface area contributed by atoms with Crippen LogP contribution in [0.4, 0.5) is 11.4 Å². The van der Waals surface area contributed by atoms with Crippen LogP contribution in [-0.4, -0.2) is 36.4 Å².